The predicted octanol–water partition coefficient (Wildman–Crippen LogP) is 4.14. The molecule has 0 bridgehead atoms. The van der Waals surface area contributed by atoms with Crippen LogP contribution < -0.4 is 10.1 Å². The molecule has 1 aliphatic rings. The average molecular weight is 261 g/mol. The maximum absolute atomic E-state index is 5.55. The van der Waals surface area contributed by atoms with Crippen molar-refractivity contribution < 1.29 is 4.74 Å². The summed E-state index contributed by atoms with van der Waals surface area (Å²) in [6.45, 7) is 6.04. The van der Waals surface area contributed by atoms with Crippen LogP contribution in [0.1, 0.15) is 51.5 Å². The van der Waals surface area contributed by atoms with Crippen molar-refractivity contribution >= 4 is 0 Å². The van der Waals surface area contributed by atoms with Crippen LogP contribution in [0, 0.1) is 5.92 Å². The van der Waals surface area contributed by atoms with E-state index in [-0.39, 0.29) is 0 Å². The molecule has 0 amide bonds. The second kappa shape index (κ2) is 7.54. The normalized spacial score (nSPS) is 23.3. The van der Waals surface area contributed by atoms with Gasteiger partial charge in [0.2, 0.25) is 0 Å². The molecule has 2 nitrogen and oxygen atoms in total. The highest BCUT2D eigenvalue weighted by molar-refractivity contribution is 5.28. The van der Waals surface area contributed by atoms with E-state index >= 15 is 0 Å². The number of rotatable bonds is 6. The first-order valence-electron chi connectivity index (χ1n) is 7.78. The van der Waals surface area contributed by atoms with Crippen LogP contribution in [0.5, 0.6) is 5.75 Å². The zero-order valence-electron chi connectivity index (χ0n) is 12.3. The number of benzene rings is 1. The van der Waals surface area contributed by atoms with Crippen LogP contribution in [0.15, 0.2) is 24.3 Å². The maximum atomic E-state index is 5.55. The first kappa shape index (κ1) is 14.4. The summed E-state index contributed by atoms with van der Waals surface area (Å²) in [5.74, 6) is 1.85. The summed E-state index contributed by atoms with van der Waals surface area (Å²) in [6, 6.07) is 9.15. The molecular formula is C17H27NO. The van der Waals surface area contributed by atoms with E-state index in [0.29, 0.717) is 6.04 Å². The number of ether oxygens (including phenoxy) is 1. The van der Waals surface area contributed by atoms with Crippen LogP contribution in [0.3, 0.4) is 0 Å². The molecule has 1 N–H and O–H groups in total. The highest BCUT2D eigenvalue weighted by atomic mass is 16.5. The summed E-state index contributed by atoms with van der Waals surface area (Å²) in [7, 11) is 0. The van der Waals surface area contributed by atoms with Crippen molar-refractivity contribution in [3.63, 3.8) is 0 Å². The summed E-state index contributed by atoms with van der Waals surface area (Å²) in [6.07, 6.45) is 6.83. The van der Waals surface area contributed by atoms with Crippen LogP contribution in [-0.2, 0) is 6.54 Å². The first-order valence-corrected chi connectivity index (χ1v) is 7.78. The van der Waals surface area contributed by atoms with Crippen molar-refractivity contribution in [3.8, 4) is 5.75 Å². The summed E-state index contributed by atoms with van der Waals surface area (Å²) >= 11 is 0. The minimum absolute atomic E-state index is 0.703. The van der Waals surface area contributed by atoms with Crippen LogP contribution in [0.25, 0.3) is 0 Å². The average Bonchev–Trinajstić information content (AvgIpc) is 2.46. The lowest BCUT2D eigenvalue weighted by Crippen LogP contribution is -2.37. The van der Waals surface area contributed by atoms with E-state index in [1.165, 1.54) is 37.7 Å². The van der Waals surface area contributed by atoms with Gasteiger partial charge in [0.1, 0.15) is 5.75 Å². The van der Waals surface area contributed by atoms with Gasteiger partial charge in [-0.15, -0.1) is 0 Å². The van der Waals surface area contributed by atoms with Crippen molar-refractivity contribution in [2.75, 3.05) is 6.61 Å². The Kier molecular flexibility index (Phi) is 5.71. The molecular weight excluding hydrogens is 234 g/mol. The smallest absolute Gasteiger partial charge is 0.119 e. The Labute approximate surface area is 117 Å². The number of hydrogen-bond donors (Lipinski definition) is 1. The Morgan fingerprint density at radius 3 is 2.84 bits per heavy atom. The molecule has 1 aliphatic carbocycles. The Hall–Kier alpha value is -1.02. The lowest BCUT2D eigenvalue weighted by molar-refractivity contribution is 0.254. The van der Waals surface area contributed by atoms with Crippen molar-refractivity contribution in [1.82, 2.24) is 5.32 Å². The Bertz CT molecular complexity index is 377. The van der Waals surface area contributed by atoms with Gasteiger partial charge in [-0.3, -0.25) is 0 Å². The van der Waals surface area contributed by atoms with E-state index < -0.39 is 0 Å². The molecule has 0 spiro atoms. The molecule has 19 heavy (non-hydrogen) atoms. The molecule has 1 aromatic rings. The largest absolute Gasteiger partial charge is 0.494 e. The van der Waals surface area contributed by atoms with Crippen LogP contribution in [0.4, 0.5) is 0 Å². The summed E-state index contributed by atoms with van der Waals surface area (Å²) in [5, 5.41) is 3.75. The molecule has 2 heteroatoms. The molecule has 1 fully saturated rings. The number of nitrogens with one attached hydrogen (secondary N) is 1. The Morgan fingerprint density at radius 2 is 2.05 bits per heavy atom. The topological polar surface area (TPSA) is 21.3 Å². The van der Waals surface area contributed by atoms with E-state index in [2.05, 4.69) is 30.4 Å². The summed E-state index contributed by atoms with van der Waals surface area (Å²) in [5.41, 5.74) is 1.33. The third-order valence-electron chi connectivity index (χ3n) is 4.21. The third-order valence-corrected chi connectivity index (χ3v) is 4.21. The molecule has 0 radical (unpaired) electrons. The SMILES string of the molecule is CCOc1cccc(CNC2CCCCC2CC)c1. The lowest BCUT2D eigenvalue weighted by Gasteiger charge is -2.31. The van der Waals surface area contributed by atoms with Crippen molar-refractivity contribution in [2.45, 2.75) is 58.5 Å². The molecule has 1 aromatic carbocycles. The highest BCUT2D eigenvalue weighted by Gasteiger charge is 2.22. The molecule has 0 aliphatic heterocycles. The van der Waals surface area contributed by atoms with Crippen LogP contribution in [0.2, 0.25) is 0 Å². The van der Waals surface area contributed by atoms with Gasteiger partial charge in [0.25, 0.3) is 0 Å². The van der Waals surface area contributed by atoms with E-state index in [4.69, 9.17) is 4.74 Å². The first-order chi connectivity index (χ1) is 9.33. The molecule has 0 heterocycles. The van der Waals surface area contributed by atoms with Gasteiger partial charge in [-0.1, -0.05) is 38.3 Å². The second-order valence-electron chi connectivity index (χ2n) is 5.52. The molecule has 2 atom stereocenters. The molecule has 2 rings (SSSR count). The van der Waals surface area contributed by atoms with Gasteiger partial charge in [-0.05, 0) is 43.4 Å². The fourth-order valence-corrected chi connectivity index (χ4v) is 3.13. The minimum Gasteiger partial charge on any atom is -0.494 e. The number of hydrogen-bond acceptors (Lipinski definition) is 2. The van der Waals surface area contributed by atoms with Gasteiger partial charge < -0.3 is 10.1 Å². The monoisotopic (exact) mass is 261 g/mol. The molecule has 0 saturated heterocycles. The van der Waals surface area contributed by atoms with Gasteiger partial charge in [-0.25, -0.2) is 0 Å². The molecule has 2 unspecified atom stereocenters. The zero-order valence-corrected chi connectivity index (χ0v) is 12.3. The molecule has 106 valence electrons. The van der Waals surface area contributed by atoms with Crippen molar-refractivity contribution in [3.05, 3.63) is 29.8 Å². The van der Waals surface area contributed by atoms with E-state index in [1.807, 2.05) is 13.0 Å². The van der Waals surface area contributed by atoms with Gasteiger partial charge in [0, 0.05) is 12.6 Å². The van der Waals surface area contributed by atoms with Crippen LogP contribution in [-0.4, -0.2) is 12.6 Å². The zero-order chi connectivity index (χ0) is 13.5. The summed E-state index contributed by atoms with van der Waals surface area (Å²) < 4.78 is 5.55. The Morgan fingerprint density at radius 1 is 1.21 bits per heavy atom. The minimum atomic E-state index is 0.703. The molecule has 1 saturated carbocycles. The predicted molar refractivity (Wildman–Crippen MR) is 80.5 cm³/mol. The quantitative estimate of drug-likeness (QED) is 0.831. The summed E-state index contributed by atoms with van der Waals surface area (Å²) in [4.78, 5) is 0. The standard InChI is InChI=1S/C17H27NO/c1-3-15-9-5-6-11-17(15)18-13-14-8-7-10-16(12-14)19-4-2/h7-8,10,12,15,17-18H,3-6,9,11,13H2,1-2H3. The van der Waals surface area contributed by atoms with E-state index in [1.54, 1.807) is 0 Å². The lowest BCUT2D eigenvalue weighted by atomic mass is 9.83. The van der Waals surface area contributed by atoms with Gasteiger partial charge >= 0.3 is 0 Å². The Balaban J connectivity index is 1.88. The highest BCUT2D eigenvalue weighted by Crippen LogP contribution is 2.27. The third kappa shape index (κ3) is 4.24. The maximum Gasteiger partial charge on any atom is 0.119 e. The van der Waals surface area contributed by atoms with E-state index in [0.717, 1.165) is 24.8 Å². The van der Waals surface area contributed by atoms with Gasteiger partial charge in [0.05, 0.1) is 6.61 Å². The second-order valence-corrected chi connectivity index (χ2v) is 5.52. The van der Waals surface area contributed by atoms with Crippen molar-refractivity contribution in [2.24, 2.45) is 5.92 Å². The van der Waals surface area contributed by atoms with Crippen molar-refractivity contribution in [1.29, 1.82) is 0 Å². The van der Waals surface area contributed by atoms with E-state index in [9.17, 15) is 0 Å². The fraction of sp³-hybridized carbons (Fsp3) is 0.647. The van der Waals surface area contributed by atoms with Gasteiger partial charge in [0.15, 0.2) is 0 Å². The fourth-order valence-electron chi connectivity index (χ4n) is 3.13. The molecule has 0 aromatic heterocycles. The van der Waals surface area contributed by atoms with Crippen LogP contribution >= 0.6 is 0 Å². The van der Waals surface area contributed by atoms with Gasteiger partial charge in [-0.2, -0.15) is 0 Å².